The van der Waals surface area contributed by atoms with Crippen LogP contribution in [-0.4, -0.2) is 18.1 Å². The van der Waals surface area contributed by atoms with Crippen molar-refractivity contribution in [3.05, 3.63) is 78.1 Å². The fourth-order valence-corrected chi connectivity index (χ4v) is 2.52. The van der Waals surface area contributed by atoms with E-state index in [1.54, 1.807) is 18.4 Å². The molecule has 0 atom stereocenters. The summed E-state index contributed by atoms with van der Waals surface area (Å²) in [6.07, 6.45) is 13.1. The van der Waals surface area contributed by atoms with E-state index in [-0.39, 0.29) is 0 Å². The third-order valence-electron chi connectivity index (χ3n) is 3.82. The molecule has 0 fully saturated rings. The highest BCUT2D eigenvalue weighted by atomic mass is 16.5. The molecule has 0 amide bonds. The molecule has 0 spiro atoms. The third-order valence-corrected chi connectivity index (χ3v) is 3.82. The minimum atomic E-state index is 0.393. The fraction of sp³-hybridized carbons (Fsp3) is 0.286. The molecule has 1 aromatic carbocycles. The molecule has 0 aliphatic heterocycles. The van der Waals surface area contributed by atoms with Crippen molar-refractivity contribution in [2.75, 3.05) is 7.11 Å². The second kappa shape index (κ2) is 10.9. The smallest absolute Gasteiger partial charge is 0.213 e. The lowest BCUT2D eigenvalue weighted by Gasteiger charge is -2.01. The molecule has 1 N–H and O–H groups in total. The van der Waals surface area contributed by atoms with E-state index in [1.807, 2.05) is 6.07 Å². The first-order valence-electron chi connectivity index (χ1n) is 8.52. The molecule has 1 aromatic heterocycles. The van der Waals surface area contributed by atoms with Gasteiger partial charge in [0.15, 0.2) is 0 Å². The number of benzene rings is 1. The SMILES string of the molecule is COC(/C=C\c1cc(CCCCCc2ccccc2)co1)=N/C=C/O. The highest BCUT2D eigenvalue weighted by molar-refractivity contribution is 5.91. The van der Waals surface area contributed by atoms with E-state index in [0.29, 0.717) is 5.90 Å². The summed E-state index contributed by atoms with van der Waals surface area (Å²) in [7, 11) is 1.53. The Morgan fingerprint density at radius 1 is 1.12 bits per heavy atom. The van der Waals surface area contributed by atoms with Gasteiger partial charge >= 0.3 is 0 Å². The van der Waals surface area contributed by atoms with Crippen LogP contribution in [0.2, 0.25) is 0 Å². The number of aryl methyl sites for hydroxylation is 2. The molecule has 0 unspecified atom stereocenters. The molecule has 0 saturated heterocycles. The largest absolute Gasteiger partial charge is 0.514 e. The number of rotatable bonds is 9. The van der Waals surface area contributed by atoms with E-state index in [0.717, 1.165) is 31.3 Å². The highest BCUT2D eigenvalue weighted by Gasteiger charge is 2.00. The van der Waals surface area contributed by atoms with E-state index in [4.69, 9.17) is 14.3 Å². The zero-order valence-electron chi connectivity index (χ0n) is 14.6. The fourth-order valence-electron chi connectivity index (χ4n) is 2.52. The molecule has 2 aromatic rings. The van der Waals surface area contributed by atoms with Crippen LogP contribution in [0.3, 0.4) is 0 Å². The first-order valence-corrected chi connectivity index (χ1v) is 8.52. The van der Waals surface area contributed by atoms with Crippen molar-refractivity contribution in [1.29, 1.82) is 0 Å². The van der Waals surface area contributed by atoms with Crippen molar-refractivity contribution in [2.45, 2.75) is 32.1 Å². The van der Waals surface area contributed by atoms with Crippen LogP contribution in [0.15, 0.2) is 70.6 Å². The predicted molar refractivity (Wildman–Crippen MR) is 102 cm³/mol. The van der Waals surface area contributed by atoms with Crippen molar-refractivity contribution < 1.29 is 14.3 Å². The number of aliphatic imine (C=N–C) groups is 1. The predicted octanol–water partition coefficient (Wildman–Crippen LogP) is 5.32. The number of unbranched alkanes of at least 4 members (excludes halogenated alkanes) is 2. The van der Waals surface area contributed by atoms with Crippen molar-refractivity contribution in [2.24, 2.45) is 4.99 Å². The average molecular weight is 339 g/mol. The van der Waals surface area contributed by atoms with E-state index in [2.05, 4.69) is 35.3 Å². The van der Waals surface area contributed by atoms with Gasteiger partial charge in [-0.05, 0) is 49.0 Å². The molecule has 0 aliphatic rings. The highest BCUT2D eigenvalue weighted by Crippen LogP contribution is 2.14. The number of aliphatic hydroxyl groups excluding tert-OH is 1. The van der Waals surface area contributed by atoms with Gasteiger partial charge in [-0.1, -0.05) is 36.8 Å². The zero-order valence-corrected chi connectivity index (χ0v) is 14.6. The van der Waals surface area contributed by atoms with Crippen molar-refractivity contribution in [1.82, 2.24) is 0 Å². The molecule has 1 heterocycles. The normalized spacial score (nSPS) is 12.3. The Labute approximate surface area is 149 Å². The third kappa shape index (κ3) is 7.12. The molecule has 0 bridgehead atoms. The standard InChI is InChI=1S/C21H25NO3/c1-24-21(22-14-15-23)13-12-20-16-19(17-25-20)11-7-3-6-10-18-8-4-2-5-9-18/h2,4-5,8-9,12-17,23H,3,6-7,10-11H2,1H3/b13-12-,15-14+,22-21+. The topological polar surface area (TPSA) is 55.0 Å². The summed E-state index contributed by atoms with van der Waals surface area (Å²) < 4.78 is 10.6. The van der Waals surface area contributed by atoms with Gasteiger partial charge in [-0.2, -0.15) is 0 Å². The van der Waals surface area contributed by atoms with Crippen LogP contribution in [-0.2, 0) is 17.6 Å². The first-order chi connectivity index (χ1) is 12.3. The van der Waals surface area contributed by atoms with Crippen molar-refractivity contribution in [3.8, 4) is 0 Å². The molecule has 4 heteroatoms. The van der Waals surface area contributed by atoms with Gasteiger partial charge < -0.3 is 14.3 Å². The molecule has 0 aliphatic carbocycles. The maximum absolute atomic E-state index is 8.60. The van der Waals surface area contributed by atoms with E-state index in [9.17, 15) is 0 Å². The van der Waals surface area contributed by atoms with Crippen LogP contribution < -0.4 is 0 Å². The summed E-state index contributed by atoms with van der Waals surface area (Å²) in [5.74, 6) is 1.15. The molecule has 25 heavy (non-hydrogen) atoms. The van der Waals surface area contributed by atoms with Gasteiger partial charge in [-0.3, -0.25) is 0 Å². The monoisotopic (exact) mass is 339 g/mol. The van der Waals surface area contributed by atoms with Gasteiger partial charge in [0.05, 0.1) is 25.8 Å². The number of methoxy groups -OCH3 is 1. The number of ether oxygens (including phenoxy) is 1. The van der Waals surface area contributed by atoms with Crippen molar-refractivity contribution >= 4 is 12.0 Å². The summed E-state index contributed by atoms with van der Waals surface area (Å²) in [4.78, 5) is 3.91. The molecule has 4 nitrogen and oxygen atoms in total. The number of nitrogens with zero attached hydrogens (tertiary/aromatic N) is 1. The van der Waals surface area contributed by atoms with Gasteiger partial charge in [0, 0.05) is 6.08 Å². The van der Waals surface area contributed by atoms with Crippen LogP contribution in [0, 0.1) is 0 Å². The average Bonchev–Trinajstić information content (AvgIpc) is 3.10. The minimum Gasteiger partial charge on any atom is -0.514 e. The zero-order chi connectivity index (χ0) is 17.7. The minimum absolute atomic E-state index is 0.393. The van der Waals surface area contributed by atoms with E-state index in [1.165, 1.54) is 37.3 Å². The maximum atomic E-state index is 8.60. The number of hydrogen-bond donors (Lipinski definition) is 1. The quantitative estimate of drug-likeness (QED) is 0.291. The van der Waals surface area contributed by atoms with Crippen LogP contribution in [0.25, 0.3) is 6.08 Å². The van der Waals surface area contributed by atoms with Gasteiger partial charge in [0.2, 0.25) is 5.90 Å². The van der Waals surface area contributed by atoms with Gasteiger partial charge in [0.25, 0.3) is 0 Å². The second-order valence-electron chi connectivity index (χ2n) is 5.71. The van der Waals surface area contributed by atoms with Crippen LogP contribution in [0.4, 0.5) is 0 Å². The van der Waals surface area contributed by atoms with Crippen LogP contribution in [0.5, 0.6) is 0 Å². The molecule has 2 rings (SSSR count). The second-order valence-corrected chi connectivity index (χ2v) is 5.71. The molecular weight excluding hydrogens is 314 g/mol. The lowest BCUT2D eigenvalue weighted by atomic mass is 10.0. The lowest BCUT2D eigenvalue weighted by molar-refractivity contribution is 0.406. The summed E-state index contributed by atoms with van der Waals surface area (Å²) in [6, 6.07) is 12.6. The van der Waals surface area contributed by atoms with Crippen LogP contribution >= 0.6 is 0 Å². The summed E-state index contributed by atoms with van der Waals surface area (Å²) in [5.41, 5.74) is 2.61. The molecule has 0 radical (unpaired) electrons. The molecule has 132 valence electrons. The molecular formula is C21H25NO3. The summed E-state index contributed by atoms with van der Waals surface area (Å²) in [5, 5.41) is 8.60. The summed E-state index contributed by atoms with van der Waals surface area (Å²) in [6.45, 7) is 0. The Balaban J connectivity index is 1.72. The van der Waals surface area contributed by atoms with Crippen molar-refractivity contribution in [3.63, 3.8) is 0 Å². The van der Waals surface area contributed by atoms with Gasteiger partial charge in [0.1, 0.15) is 5.76 Å². The lowest BCUT2D eigenvalue weighted by Crippen LogP contribution is -1.94. The Hall–Kier alpha value is -2.75. The first kappa shape index (κ1) is 18.6. The number of furan rings is 1. The summed E-state index contributed by atoms with van der Waals surface area (Å²) >= 11 is 0. The Kier molecular flexibility index (Phi) is 8.12. The number of aliphatic hydroxyl groups is 1. The maximum Gasteiger partial charge on any atom is 0.213 e. The molecule has 0 saturated carbocycles. The van der Waals surface area contributed by atoms with E-state index < -0.39 is 0 Å². The Morgan fingerprint density at radius 3 is 2.60 bits per heavy atom. The van der Waals surface area contributed by atoms with Gasteiger partial charge in [-0.25, -0.2) is 4.99 Å². The van der Waals surface area contributed by atoms with E-state index >= 15 is 0 Å². The Morgan fingerprint density at radius 2 is 1.88 bits per heavy atom. The Bertz CT molecular complexity index is 699. The van der Waals surface area contributed by atoms with Gasteiger partial charge in [-0.15, -0.1) is 0 Å². The van der Waals surface area contributed by atoms with Crippen LogP contribution in [0.1, 0.15) is 36.1 Å². The number of hydrogen-bond acceptors (Lipinski definition) is 4.